The Morgan fingerprint density at radius 1 is 1.11 bits per heavy atom. The number of nitrogen functional groups attached to an aromatic ring is 1. The highest BCUT2D eigenvalue weighted by atomic mass is 16.1. The first-order chi connectivity index (χ1) is 9.09. The summed E-state index contributed by atoms with van der Waals surface area (Å²) in [7, 11) is 0. The van der Waals surface area contributed by atoms with E-state index in [2.05, 4.69) is 5.32 Å². The molecule has 19 heavy (non-hydrogen) atoms. The van der Waals surface area contributed by atoms with E-state index in [1.165, 1.54) is 0 Å². The van der Waals surface area contributed by atoms with Gasteiger partial charge in [0.2, 0.25) is 5.91 Å². The van der Waals surface area contributed by atoms with Gasteiger partial charge in [0, 0.05) is 0 Å². The maximum atomic E-state index is 12.3. The fraction of sp³-hybridized carbons (Fsp3) is 0.188. The van der Waals surface area contributed by atoms with Gasteiger partial charge in [-0.25, -0.2) is 0 Å². The summed E-state index contributed by atoms with van der Waals surface area (Å²) in [4.78, 5) is 12.3. The number of carbonyl (C=O) groups is 1. The van der Waals surface area contributed by atoms with Gasteiger partial charge in [0.15, 0.2) is 0 Å². The van der Waals surface area contributed by atoms with Gasteiger partial charge in [0.1, 0.15) is 0 Å². The van der Waals surface area contributed by atoms with E-state index in [9.17, 15) is 4.79 Å². The summed E-state index contributed by atoms with van der Waals surface area (Å²) in [6, 6.07) is 15.3. The summed E-state index contributed by atoms with van der Waals surface area (Å²) in [5, 5.41) is 2.91. The maximum Gasteiger partial charge on any atom is 0.231 e. The number of hydrogen-bond donors (Lipinski definition) is 2. The van der Waals surface area contributed by atoms with Crippen molar-refractivity contribution in [3.05, 3.63) is 59.7 Å². The predicted octanol–water partition coefficient (Wildman–Crippen LogP) is 3.32. The van der Waals surface area contributed by atoms with Crippen molar-refractivity contribution in [3.63, 3.8) is 0 Å². The Kier molecular flexibility index (Phi) is 3.85. The van der Waals surface area contributed by atoms with Gasteiger partial charge in [0.05, 0.1) is 17.3 Å². The molecule has 0 heterocycles. The SMILES string of the molecule is Cc1cccc(N)c1NC(=O)C(C)c1ccccc1. The molecule has 1 atom stereocenters. The lowest BCUT2D eigenvalue weighted by atomic mass is 10.00. The number of para-hydroxylation sites is 1. The average Bonchev–Trinajstić information content (AvgIpc) is 2.43. The molecule has 0 aliphatic heterocycles. The van der Waals surface area contributed by atoms with Crippen molar-refractivity contribution >= 4 is 17.3 Å². The molecule has 0 bridgehead atoms. The van der Waals surface area contributed by atoms with Crippen molar-refractivity contribution < 1.29 is 4.79 Å². The van der Waals surface area contributed by atoms with Gasteiger partial charge in [-0.3, -0.25) is 4.79 Å². The second-order valence-corrected chi connectivity index (χ2v) is 4.66. The summed E-state index contributed by atoms with van der Waals surface area (Å²) in [6.07, 6.45) is 0. The summed E-state index contributed by atoms with van der Waals surface area (Å²) in [5.41, 5.74) is 9.15. The Labute approximate surface area is 113 Å². The van der Waals surface area contributed by atoms with E-state index in [1.54, 1.807) is 6.07 Å². The Hall–Kier alpha value is -2.29. The summed E-state index contributed by atoms with van der Waals surface area (Å²) in [6.45, 7) is 3.82. The molecule has 2 aromatic rings. The maximum absolute atomic E-state index is 12.3. The third-order valence-corrected chi connectivity index (χ3v) is 3.25. The highest BCUT2D eigenvalue weighted by Gasteiger charge is 2.16. The monoisotopic (exact) mass is 254 g/mol. The topological polar surface area (TPSA) is 55.1 Å². The quantitative estimate of drug-likeness (QED) is 0.825. The number of anilines is 2. The zero-order valence-corrected chi connectivity index (χ0v) is 11.2. The Balaban J connectivity index is 2.18. The van der Waals surface area contributed by atoms with E-state index in [4.69, 9.17) is 5.73 Å². The zero-order valence-electron chi connectivity index (χ0n) is 11.2. The fourth-order valence-corrected chi connectivity index (χ4v) is 1.99. The minimum absolute atomic E-state index is 0.0489. The van der Waals surface area contributed by atoms with Crippen molar-refractivity contribution in [1.82, 2.24) is 0 Å². The summed E-state index contributed by atoms with van der Waals surface area (Å²) >= 11 is 0. The molecule has 0 fully saturated rings. The molecule has 0 aliphatic carbocycles. The standard InChI is InChI=1S/C16H18N2O/c1-11-7-6-10-14(17)15(11)18-16(19)12(2)13-8-4-3-5-9-13/h3-10,12H,17H2,1-2H3,(H,18,19). The minimum Gasteiger partial charge on any atom is -0.397 e. The smallest absolute Gasteiger partial charge is 0.231 e. The molecular weight excluding hydrogens is 236 g/mol. The van der Waals surface area contributed by atoms with E-state index in [0.717, 1.165) is 11.1 Å². The first-order valence-corrected chi connectivity index (χ1v) is 6.30. The second kappa shape index (κ2) is 5.57. The molecule has 98 valence electrons. The van der Waals surface area contributed by atoms with E-state index in [-0.39, 0.29) is 11.8 Å². The first kappa shape index (κ1) is 13.1. The molecule has 2 aromatic carbocycles. The van der Waals surface area contributed by atoms with Gasteiger partial charge < -0.3 is 11.1 Å². The van der Waals surface area contributed by atoms with Crippen LogP contribution in [0.2, 0.25) is 0 Å². The number of nitrogens with two attached hydrogens (primary N) is 1. The van der Waals surface area contributed by atoms with Gasteiger partial charge in [-0.05, 0) is 31.0 Å². The molecular formula is C16H18N2O. The van der Waals surface area contributed by atoms with Crippen LogP contribution in [0.3, 0.4) is 0 Å². The molecule has 1 unspecified atom stereocenters. The molecule has 0 radical (unpaired) electrons. The second-order valence-electron chi connectivity index (χ2n) is 4.66. The Morgan fingerprint density at radius 3 is 2.42 bits per heavy atom. The highest BCUT2D eigenvalue weighted by Crippen LogP contribution is 2.24. The minimum atomic E-state index is -0.208. The van der Waals surface area contributed by atoms with Crippen LogP contribution in [0.15, 0.2) is 48.5 Å². The summed E-state index contributed by atoms with van der Waals surface area (Å²) in [5.74, 6) is -0.257. The number of carbonyl (C=O) groups excluding carboxylic acids is 1. The number of rotatable bonds is 3. The van der Waals surface area contributed by atoms with Crippen LogP contribution >= 0.6 is 0 Å². The van der Waals surface area contributed by atoms with Crippen molar-refractivity contribution in [2.75, 3.05) is 11.1 Å². The highest BCUT2D eigenvalue weighted by molar-refractivity contribution is 5.98. The zero-order chi connectivity index (χ0) is 13.8. The molecule has 0 aromatic heterocycles. The average molecular weight is 254 g/mol. The first-order valence-electron chi connectivity index (χ1n) is 6.30. The molecule has 0 spiro atoms. The van der Waals surface area contributed by atoms with Gasteiger partial charge in [-0.15, -0.1) is 0 Å². The number of aryl methyl sites for hydroxylation is 1. The van der Waals surface area contributed by atoms with Crippen molar-refractivity contribution in [2.45, 2.75) is 19.8 Å². The van der Waals surface area contributed by atoms with Crippen LogP contribution in [-0.4, -0.2) is 5.91 Å². The van der Waals surface area contributed by atoms with Crippen LogP contribution in [-0.2, 0) is 4.79 Å². The summed E-state index contributed by atoms with van der Waals surface area (Å²) < 4.78 is 0. The lowest BCUT2D eigenvalue weighted by Gasteiger charge is -2.15. The van der Waals surface area contributed by atoms with Crippen LogP contribution in [0.1, 0.15) is 24.0 Å². The van der Waals surface area contributed by atoms with Crippen LogP contribution in [0.25, 0.3) is 0 Å². The molecule has 0 aliphatic rings. The lowest BCUT2D eigenvalue weighted by molar-refractivity contribution is -0.117. The predicted molar refractivity (Wildman–Crippen MR) is 79.1 cm³/mol. The van der Waals surface area contributed by atoms with Crippen molar-refractivity contribution in [1.29, 1.82) is 0 Å². The molecule has 1 amide bonds. The van der Waals surface area contributed by atoms with E-state index < -0.39 is 0 Å². The van der Waals surface area contributed by atoms with Crippen LogP contribution in [0.5, 0.6) is 0 Å². The number of benzene rings is 2. The van der Waals surface area contributed by atoms with Gasteiger partial charge in [-0.1, -0.05) is 42.5 Å². The molecule has 3 nitrogen and oxygen atoms in total. The fourth-order valence-electron chi connectivity index (χ4n) is 1.99. The molecule has 3 heteroatoms. The number of nitrogens with one attached hydrogen (secondary N) is 1. The van der Waals surface area contributed by atoms with E-state index >= 15 is 0 Å². The van der Waals surface area contributed by atoms with E-state index in [1.807, 2.05) is 56.3 Å². The van der Waals surface area contributed by atoms with E-state index in [0.29, 0.717) is 11.4 Å². The van der Waals surface area contributed by atoms with Gasteiger partial charge in [0.25, 0.3) is 0 Å². The van der Waals surface area contributed by atoms with Crippen LogP contribution < -0.4 is 11.1 Å². The molecule has 3 N–H and O–H groups in total. The van der Waals surface area contributed by atoms with Crippen LogP contribution in [0.4, 0.5) is 11.4 Å². The third-order valence-electron chi connectivity index (χ3n) is 3.25. The number of amides is 1. The van der Waals surface area contributed by atoms with Gasteiger partial charge in [-0.2, -0.15) is 0 Å². The molecule has 0 saturated heterocycles. The lowest BCUT2D eigenvalue weighted by Crippen LogP contribution is -2.20. The normalized spacial score (nSPS) is 11.9. The Morgan fingerprint density at radius 2 is 1.79 bits per heavy atom. The Bertz CT molecular complexity index is 558. The third kappa shape index (κ3) is 2.94. The molecule has 2 rings (SSSR count). The van der Waals surface area contributed by atoms with Crippen molar-refractivity contribution in [3.8, 4) is 0 Å². The number of hydrogen-bond acceptors (Lipinski definition) is 2. The van der Waals surface area contributed by atoms with Crippen LogP contribution in [0, 0.1) is 6.92 Å². The molecule has 0 saturated carbocycles. The van der Waals surface area contributed by atoms with Crippen molar-refractivity contribution in [2.24, 2.45) is 0 Å². The largest absolute Gasteiger partial charge is 0.397 e. The van der Waals surface area contributed by atoms with Gasteiger partial charge >= 0.3 is 0 Å².